The number of guanidine groups is 1. The zero-order valence-electron chi connectivity index (χ0n) is 15.0. The predicted octanol–water partition coefficient (Wildman–Crippen LogP) is 4.41. The highest BCUT2D eigenvalue weighted by Crippen LogP contribution is 2.23. The number of nitrogens with one attached hydrogen (secondary N) is 1. The first-order valence-electron chi connectivity index (χ1n) is 8.05. The molecule has 0 aliphatic heterocycles. The minimum absolute atomic E-state index is 0. The number of nitrogens with two attached hydrogens (primary N) is 1. The fourth-order valence-electron chi connectivity index (χ4n) is 2.05. The molecule has 0 bridgehead atoms. The molecule has 2 aromatic carbocycles. The number of aliphatic imine (C=N–C) groups is 1. The highest BCUT2D eigenvalue weighted by Gasteiger charge is 2.30. The first-order valence-corrected chi connectivity index (χ1v) is 8.05. The Morgan fingerprint density at radius 2 is 1.57 bits per heavy atom. The van der Waals surface area contributed by atoms with Crippen LogP contribution in [0.5, 0.6) is 17.2 Å². The SMILES string of the molecule is COc1ccc(OCCCN=C(N)Nc2ccc(OC(F)(F)F)cc2)cc1.I. The number of rotatable bonds is 8. The van der Waals surface area contributed by atoms with E-state index in [-0.39, 0.29) is 35.7 Å². The second-order valence-electron chi connectivity index (χ2n) is 5.34. The number of methoxy groups -OCH3 is 1. The number of benzene rings is 2. The van der Waals surface area contributed by atoms with Crippen LogP contribution in [0, 0.1) is 0 Å². The predicted molar refractivity (Wildman–Crippen MR) is 112 cm³/mol. The molecule has 3 N–H and O–H groups in total. The molecule has 10 heteroatoms. The minimum atomic E-state index is -4.72. The molecule has 0 aromatic heterocycles. The molecule has 28 heavy (non-hydrogen) atoms. The summed E-state index contributed by atoms with van der Waals surface area (Å²) in [6, 6.07) is 12.4. The molecule has 6 nitrogen and oxygen atoms in total. The second-order valence-corrected chi connectivity index (χ2v) is 5.34. The van der Waals surface area contributed by atoms with Gasteiger partial charge in [0.05, 0.1) is 13.7 Å². The molecule has 0 aliphatic rings. The van der Waals surface area contributed by atoms with Crippen LogP contribution in [-0.2, 0) is 0 Å². The monoisotopic (exact) mass is 511 g/mol. The molecule has 0 radical (unpaired) electrons. The van der Waals surface area contributed by atoms with Gasteiger partial charge in [-0.25, -0.2) is 0 Å². The molecule has 0 saturated heterocycles. The first-order chi connectivity index (χ1) is 12.9. The molecule has 0 spiro atoms. The smallest absolute Gasteiger partial charge is 0.497 e. The van der Waals surface area contributed by atoms with Crippen molar-refractivity contribution in [3.63, 3.8) is 0 Å². The van der Waals surface area contributed by atoms with Gasteiger partial charge < -0.3 is 25.3 Å². The average Bonchev–Trinajstić information content (AvgIpc) is 2.62. The van der Waals surface area contributed by atoms with Crippen molar-refractivity contribution in [3.8, 4) is 17.2 Å². The maximum absolute atomic E-state index is 12.1. The summed E-state index contributed by atoms with van der Waals surface area (Å²) >= 11 is 0. The van der Waals surface area contributed by atoms with E-state index in [2.05, 4.69) is 15.0 Å². The van der Waals surface area contributed by atoms with Crippen LogP contribution in [0.3, 0.4) is 0 Å². The Bertz CT molecular complexity index is 738. The summed E-state index contributed by atoms with van der Waals surface area (Å²) in [7, 11) is 1.59. The van der Waals surface area contributed by atoms with Gasteiger partial charge in [-0.15, -0.1) is 37.1 Å². The Kier molecular flexibility index (Phi) is 9.69. The van der Waals surface area contributed by atoms with E-state index in [1.165, 1.54) is 24.3 Å². The Morgan fingerprint density at radius 1 is 1.00 bits per heavy atom. The van der Waals surface area contributed by atoms with Gasteiger partial charge in [0.2, 0.25) is 0 Å². The van der Waals surface area contributed by atoms with E-state index in [4.69, 9.17) is 15.2 Å². The summed E-state index contributed by atoms with van der Waals surface area (Å²) in [4.78, 5) is 4.13. The molecular weight excluding hydrogens is 490 g/mol. The zero-order chi connectivity index (χ0) is 19.7. The third-order valence-electron chi connectivity index (χ3n) is 3.27. The van der Waals surface area contributed by atoms with Crippen molar-refractivity contribution in [2.45, 2.75) is 12.8 Å². The van der Waals surface area contributed by atoms with Crippen molar-refractivity contribution in [1.29, 1.82) is 0 Å². The standard InChI is InChI=1S/C18H20F3N3O3.HI/c1-25-14-7-9-15(10-8-14)26-12-2-11-23-17(22)24-13-3-5-16(6-4-13)27-18(19,20)21;/h3-10H,2,11-12H2,1H3,(H3,22,23,24);1H. The zero-order valence-corrected chi connectivity index (χ0v) is 17.4. The normalized spacial score (nSPS) is 11.4. The van der Waals surface area contributed by atoms with Crippen LogP contribution in [-0.4, -0.2) is 32.6 Å². The van der Waals surface area contributed by atoms with E-state index in [0.29, 0.717) is 25.3 Å². The van der Waals surface area contributed by atoms with Crippen LogP contribution >= 0.6 is 24.0 Å². The quantitative estimate of drug-likeness (QED) is 0.238. The van der Waals surface area contributed by atoms with Gasteiger partial charge in [0.1, 0.15) is 17.2 Å². The Morgan fingerprint density at radius 3 is 2.14 bits per heavy atom. The summed E-state index contributed by atoms with van der Waals surface area (Å²) in [6.07, 6.45) is -4.07. The molecule has 2 aromatic rings. The lowest BCUT2D eigenvalue weighted by molar-refractivity contribution is -0.274. The van der Waals surface area contributed by atoms with Crippen LogP contribution in [0.25, 0.3) is 0 Å². The maximum atomic E-state index is 12.1. The van der Waals surface area contributed by atoms with Crippen molar-refractivity contribution in [2.24, 2.45) is 10.7 Å². The largest absolute Gasteiger partial charge is 0.573 e. The summed E-state index contributed by atoms with van der Waals surface area (Å²) < 4.78 is 50.7. The number of anilines is 1. The topological polar surface area (TPSA) is 78.1 Å². The van der Waals surface area contributed by atoms with Crippen molar-refractivity contribution in [2.75, 3.05) is 25.6 Å². The molecule has 0 aliphatic carbocycles. The highest BCUT2D eigenvalue weighted by atomic mass is 127. The van der Waals surface area contributed by atoms with Crippen molar-refractivity contribution in [3.05, 3.63) is 48.5 Å². The molecule has 0 atom stereocenters. The van der Waals surface area contributed by atoms with Gasteiger partial charge in [0.15, 0.2) is 5.96 Å². The summed E-state index contributed by atoms with van der Waals surface area (Å²) in [5.74, 6) is 1.33. The number of nitrogens with zero attached hydrogens (tertiary/aromatic N) is 1. The van der Waals surface area contributed by atoms with Crippen LogP contribution < -0.4 is 25.3 Å². The lowest BCUT2D eigenvalue weighted by Crippen LogP contribution is -2.23. The van der Waals surface area contributed by atoms with E-state index >= 15 is 0 Å². The molecule has 0 fully saturated rings. The van der Waals surface area contributed by atoms with E-state index in [1.54, 1.807) is 19.2 Å². The summed E-state index contributed by atoms with van der Waals surface area (Å²) in [5.41, 5.74) is 6.24. The van der Waals surface area contributed by atoms with Gasteiger partial charge >= 0.3 is 6.36 Å². The minimum Gasteiger partial charge on any atom is -0.497 e. The molecule has 0 unspecified atom stereocenters. The van der Waals surface area contributed by atoms with Crippen LogP contribution in [0.2, 0.25) is 0 Å². The van der Waals surface area contributed by atoms with Crippen molar-refractivity contribution in [1.82, 2.24) is 0 Å². The van der Waals surface area contributed by atoms with Gasteiger partial charge in [0, 0.05) is 18.7 Å². The van der Waals surface area contributed by atoms with Gasteiger partial charge in [0.25, 0.3) is 0 Å². The highest BCUT2D eigenvalue weighted by molar-refractivity contribution is 14.0. The van der Waals surface area contributed by atoms with E-state index in [9.17, 15) is 13.2 Å². The van der Waals surface area contributed by atoms with E-state index in [1.807, 2.05) is 12.1 Å². The van der Waals surface area contributed by atoms with Crippen molar-refractivity contribution >= 4 is 35.6 Å². The molecule has 0 amide bonds. The van der Waals surface area contributed by atoms with Crippen LogP contribution in [0.15, 0.2) is 53.5 Å². The van der Waals surface area contributed by atoms with E-state index in [0.717, 1.165) is 11.5 Å². The van der Waals surface area contributed by atoms with Gasteiger partial charge in [-0.3, -0.25) is 4.99 Å². The fourth-order valence-corrected chi connectivity index (χ4v) is 2.05. The third kappa shape index (κ3) is 9.02. The van der Waals surface area contributed by atoms with Crippen LogP contribution in [0.1, 0.15) is 6.42 Å². The first kappa shape index (κ1) is 23.7. The number of hydrogen-bond donors (Lipinski definition) is 2. The summed E-state index contributed by atoms with van der Waals surface area (Å²) in [6.45, 7) is 0.900. The number of halogens is 4. The Hall–Kier alpha value is -2.37. The Labute approximate surface area is 177 Å². The van der Waals surface area contributed by atoms with Gasteiger partial charge in [-0.05, 0) is 48.5 Å². The van der Waals surface area contributed by atoms with E-state index < -0.39 is 6.36 Å². The van der Waals surface area contributed by atoms with Gasteiger partial charge in [-0.2, -0.15) is 0 Å². The summed E-state index contributed by atoms with van der Waals surface area (Å²) in [5, 5.41) is 2.79. The lowest BCUT2D eigenvalue weighted by Gasteiger charge is -2.10. The number of hydrogen-bond acceptors (Lipinski definition) is 4. The molecular formula is C18H21F3IN3O3. The van der Waals surface area contributed by atoms with Gasteiger partial charge in [-0.1, -0.05) is 0 Å². The lowest BCUT2D eigenvalue weighted by atomic mass is 10.3. The average molecular weight is 511 g/mol. The molecule has 0 heterocycles. The third-order valence-corrected chi connectivity index (χ3v) is 3.27. The molecule has 0 saturated carbocycles. The Balaban J connectivity index is 0.00000392. The molecule has 154 valence electrons. The molecule has 2 rings (SSSR count). The maximum Gasteiger partial charge on any atom is 0.573 e. The van der Waals surface area contributed by atoms with Crippen LogP contribution in [0.4, 0.5) is 18.9 Å². The number of alkyl halides is 3. The second kappa shape index (κ2) is 11.5. The van der Waals surface area contributed by atoms with Crippen molar-refractivity contribution < 1.29 is 27.4 Å². The number of ether oxygens (including phenoxy) is 3. The fraction of sp³-hybridized carbons (Fsp3) is 0.278.